The monoisotopic (exact) mass is 411 g/mol. The van der Waals surface area contributed by atoms with Crippen molar-refractivity contribution < 1.29 is 13.2 Å². The molecule has 6 heteroatoms. The number of halogens is 1. The van der Waals surface area contributed by atoms with E-state index in [0.29, 0.717) is 35.9 Å². The minimum absolute atomic E-state index is 0.220. The number of nitrogens with one attached hydrogen (secondary N) is 1. The molecule has 0 aromatic heterocycles. The van der Waals surface area contributed by atoms with Crippen molar-refractivity contribution in [3.8, 4) is 0 Å². The molecule has 0 heterocycles. The fourth-order valence-corrected chi connectivity index (χ4v) is 4.76. The Labute approximate surface area is 168 Å². The molecule has 0 spiro atoms. The van der Waals surface area contributed by atoms with Crippen LogP contribution in [0.2, 0.25) is 5.02 Å². The average Bonchev–Trinajstić information content (AvgIpc) is 2.66. The van der Waals surface area contributed by atoms with E-state index >= 15 is 0 Å². The maximum absolute atomic E-state index is 12.7. The molecule has 2 aromatic rings. The Morgan fingerprint density at radius 3 is 2.56 bits per heavy atom. The summed E-state index contributed by atoms with van der Waals surface area (Å²) in [6.45, 7) is 6.04. The maximum Gasteiger partial charge on any atom is 0.241 e. The number of sulfonamides is 1. The second-order valence-electron chi connectivity index (χ2n) is 6.84. The molecular weight excluding hydrogens is 382 g/mol. The molecule has 2 rings (SSSR count). The second kappa shape index (κ2) is 11.0. The van der Waals surface area contributed by atoms with Crippen molar-refractivity contribution in [2.75, 3.05) is 19.8 Å². The SMILES string of the molecule is CCCCC(CC)COCCCNS(=O)(=O)c1cccc2cccc(Cl)c12. The van der Waals surface area contributed by atoms with E-state index in [1.165, 1.54) is 19.3 Å². The van der Waals surface area contributed by atoms with Crippen molar-refractivity contribution in [3.05, 3.63) is 41.4 Å². The van der Waals surface area contributed by atoms with Crippen molar-refractivity contribution in [1.82, 2.24) is 4.72 Å². The first-order valence-electron chi connectivity index (χ1n) is 9.74. The van der Waals surface area contributed by atoms with Gasteiger partial charge in [-0.3, -0.25) is 0 Å². The second-order valence-corrected chi connectivity index (χ2v) is 8.98. The van der Waals surface area contributed by atoms with Crippen LogP contribution in [0, 0.1) is 5.92 Å². The Kier molecular flexibility index (Phi) is 9.03. The first-order chi connectivity index (χ1) is 13.0. The van der Waals surface area contributed by atoms with Crippen LogP contribution in [0.5, 0.6) is 0 Å². The molecule has 0 saturated heterocycles. The van der Waals surface area contributed by atoms with Gasteiger partial charge in [0.1, 0.15) is 0 Å². The van der Waals surface area contributed by atoms with E-state index in [1.54, 1.807) is 18.2 Å². The lowest BCUT2D eigenvalue weighted by Crippen LogP contribution is -2.26. The Bertz CT molecular complexity index is 818. The lowest BCUT2D eigenvalue weighted by atomic mass is 10.0. The van der Waals surface area contributed by atoms with Gasteiger partial charge in [0.05, 0.1) is 4.90 Å². The van der Waals surface area contributed by atoms with Crippen molar-refractivity contribution in [2.24, 2.45) is 5.92 Å². The number of ether oxygens (including phenoxy) is 1. The standard InChI is InChI=1S/C21H30ClNO3S/c1-3-5-9-17(4-2)16-26-15-8-14-23-27(24,25)20-13-7-11-18-10-6-12-19(22)21(18)20/h6-7,10-13,17,23H,3-5,8-9,14-16H2,1-2H3. The van der Waals surface area contributed by atoms with Crippen LogP contribution >= 0.6 is 11.6 Å². The zero-order valence-electron chi connectivity index (χ0n) is 16.2. The van der Waals surface area contributed by atoms with Gasteiger partial charge in [-0.15, -0.1) is 0 Å². The van der Waals surface area contributed by atoms with Crippen LogP contribution < -0.4 is 4.72 Å². The van der Waals surface area contributed by atoms with Gasteiger partial charge in [-0.2, -0.15) is 0 Å². The van der Waals surface area contributed by atoms with Gasteiger partial charge in [-0.1, -0.05) is 69.0 Å². The summed E-state index contributed by atoms with van der Waals surface area (Å²) in [7, 11) is -3.62. The largest absolute Gasteiger partial charge is 0.381 e. The summed E-state index contributed by atoms with van der Waals surface area (Å²) in [4.78, 5) is 0.220. The van der Waals surface area contributed by atoms with E-state index in [9.17, 15) is 8.42 Å². The average molecular weight is 412 g/mol. The summed E-state index contributed by atoms with van der Waals surface area (Å²) in [6.07, 6.45) is 5.39. The van der Waals surface area contributed by atoms with E-state index < -0.39 is 10.0 Å². The van der Waals surface area contributed by atoms with Crippen LogP contribution in [0.1, 0.15) is 46.0 Å². The lowest BCUT2D eigenvalue weighted by Gasteiger charge is -2.15. The molecule has 1 N–H and O–H groups in total. The molecule has 0 amide bonds. The molecule has 0 aliphatic heterocycles. The number of benzene rings is 2. The van der Waals surface area contributed by atoms with Crippen molar-refractivity contribution in [3.63, 3.8) is 0 Å². The summed E-state index contributed by atoms with van der Waals surface area (Å²) >= 11 is 6.24. The fraction of sp³-hybridized carbons (Fsp3) is 0.524. The van der Waals surface area contributed by atoms with E-state index in [-0.39, 0.29) is 4.90 Å². The molecule has 0 bridgehead atoms. The zero-order valence-corrected chi connectivity index (χ0v) is 17.8. The first kappa shape index (κ1) is 22.2. The Hall–Kier alpha value is -1.14. The van der Waals surface area contributed by atoms with Gasteiger partial charge in [0.15, 0.2) is 0 Å². The molecule has 1 unspecified atom stereocenters. The predicted molar refractivity (Wildman–Crippen MR) is 113 cm³/mol. The Balaban J connectivity index is 1.86. The molecule has 2 aromatic carbocycles. The molecule has 0 saturated carbocycles. The van der Waals surface area contributed by atoms with Gasteiger partial charge in [0, 0.05) is 30.2 Å². The molecule has 150 valence electrons. The summed E-state index contributed by atoms with van der Waals surface area (Å²) in [5, 5.41) is 1.81. The van der Waals surface area contributed by atoms with Gasteiger partial charge >= 0.3 is 0 Å². The highest BCUT2D eigenvalue weighted by Gasteiger charge is 2.18. The third-order valence-electron chi connectivity index (χ3n) is 4.76. The highest BCUT2D eigenvalue weighted by Crippen LogP contribution is 2.29. The molecule has 4 nitrogen and oxygen atoms in total. The number of hydrogen-bond acceptors (Lipinski definition) is 3. The quantitative estimate of drug-likeness (QED) is 0.476. The summed E-state index contributed by atoms with van der Waals surface area (Å²) < 4.78 is 33.8. The van der Waals surface area contributed by atoms with Crippen LogP contribution in [0.3, 0.4) is 0 Å². The molecule has 0 aliphatic rings. The predicted octanol–water partition coefficient (Wildman–Crippen LogP) is 5.39. The summed E-state index contributed by atoms with van der Waals surface area (Å²) in [6, 6.07) is 10.6. The van der Waals surface area contributed by atoms with Crippen LogP contribution in [-0.4, -0.2) is 28.2 Å². The van der Waals surface area contributed by atoms with E-state index in [4.69, 9.17) is 16.3 Å². The van der Waals surface area contributed by atoms with Crippen molar-refractivity contribution >= 4 is 32.4 Å². The normalized spacial score (nSPS) is 13.1. The number of unbranched alkanes of at least 4 members (excludes halogenated alkanes) is 1. The van der Waals surface area contributed by atoms with Gasteiger partial charge in [-0.25, -0.2) is 13.1 Å². The van der Waals surface area contributed by atoms with Crippen molar-refractivity contribution in [2.45, 2.75) is 50.8 Å². The smallest absolute Gasteiger partial charge is 0.241 e. The molecule has 0 radical (unpaired) electrons. The minimum Gasteiger partial charge on any atom is -0.381 e. The van der Waals surface area contributed by atoms with Crippen LogP contribution in [-0.2, 0) is 14.8 Å². The number of hydrogen-bond donors (Lipinski definition) is 1. The number of rotatable bonds is 12. The summed E-state index contributed by atoms with van der Waals surface area (Å²) in [5.41, 5.74) is 0. The minimum atomic E-state index is -3.62. The molecule has 0 fully saturated rings. The Morgan fingerprint density at radius 1 is 1.11 bits per heavy atom. The fourth-order valence-electron chi connectivity index (χ4n) is 3.09. The van der Waals surface area contributed by atoms with Crippen molar-refractivity contribution in [1.29, 1.82) is 0 Å². The van der Waals surface area contributed by atoms with Crippen LogP contribution in [0.15, 0.2) is 41.3 Å². The van der Waals surface area contributed by atoms with E-state index in [1.807, 2.05) is 18.2 Å². The first-order valence-corrected chi connectivity index (χ1v) is 11.6. The van der Waals surface area contributed by atoms with Crippen LogP contribution in [0.25, 0.3) is 10.8 Å². The van der Waals surface area contributed by atoms with Gasteiger partial charge in [0.25, 0.3) is 0 Å². The molecular formula is C21H30ClNO3S. The highest BCUT2D eigenvalue weighted by molar-refractivity contribution is 7.89. The molecule has 0 aliphatic carbocycles. The summed E-state index contributed by atoms with van der Waals surface area (Å²) in [5.74, 6) is 0.597. The Morgan fingerprint density at radius 2 is 1.85 bits per heavy atom. The van der Waals surface area contributed by atoms with Crippen LogP contribution in [0.4, 0.5) is 0 Å². The maximum atomic E-state index is 12.7. The van der Waals surface area contributed by atoms with E-state index in [0.717, 1.165) is 18.4 Å². The van der Waals surface area contributed by atoms with Gasteiger partial charge in [0.2, 0.25) is 10.0 Å². The molecule has 1 atom stereocenters. The van der Waals surface area contributed by atoms with Gasteiger partial charge < -0.3 is 4.74 Å². The van der Waals surface area contributed by atoms with E-state index in [2.05, 4.69) is 18.6 Å². The zero-order chi connectivity index (χ0) is 19.7. The third-order valence-corrected chi connectivity index (χ3v) is 6.58. The lowest BCUT2D eigenvalue weighted by molar-refractivity contribution is 0.0928. The third kappa shape index (κ3) is 6.46. The van der Waals surface area contributed by atoms with Gasteiger partial charge in [-0.05, 0) is 36.3 Å². The highest BCUT2D eigenvalue weighted by atomic mass is 35.5. The molecule has 27 heavy (non-hydrogen) atoms. The number of fused-ring (bicyclic) bond motifs is 1. The topological polar surface area (TPSA) is 55.4 Å².